The van der Waals surface area contributed by atoms with Crippen molar-refractivity contribution >= 4 is 45.1 Å². The van der Waals surface area contributed by atoms with E-state index >= 15 is 0 Å². The third-order valence-corrected chi connectivity index (χ3v) is 5.37. The average Bonchev–Trinajstić information content (AvgIpc) is 3.21. The third kappa shape index (κ3) is 3.35. The van der Waals surface area contributed by atoms with Crippen molar-refractivity contribution in [3.8, 4) is 5.75 Å². The van der Waals surface area contributed by atoms with Gasteiger partial charge in [0, 0.05) is 22.2 Å². The fourth-order valence-electron chi connectivity index (χ4n) is 3.87. The molecule has 0 saturated carbocycles. The summed E-state index contributed by atoms with van der Waals surface area (Å²) in [5.74, 6) is -1.07. The van der Waals surface area contributed by atoms with Crippen LogP contribution in [-0.4, -0.2) is 37.9 Å². The second-order valence-corrected chi connectivity index (χ2v) is 7.40. The summed E-state index contributed by atoms with van der Waals surface area (Å²) in [7, 11) is 0. The number of anilines is 1. The molecule has 0 spiro atoms. The Balaban J connectivity index is 1.51. The number of para-hydroxylation sites is 1. The molecule has 2 aromatic carbocycles. The SMILES string of the molecule is CC1=NC(=O)NC(c2ccc3cccc(O)c3n2)C1C(=O)Nc1ccc2[nH]ncc2c1. The molecule has 154 valence electrons. The monoisotopic (exact) mass is 414 g/mol. The van der Waals surface area contributed by atoms with Crippen LogP contribution in [0.3, 0.4) is 0 Å². The number of nitrogens with one attached hydrogen (secondary N) is 3. The number of aromatic amines is 1. The van der Waals surface area contributed by atoms with Crippen LogP contribution in [0.5, 0.6) is 5.75 Å². The van der Waals surface area contributed by atoms with E-state index in [9.17, 15) is 14.7 Å². The molecule has 0 bridgehead atoms. The molecule has 0 fully saturated rings. The second-order valence-electron chi connectivity index (χ2n) is 7.40. The van der Waals surface area contributed by atoms with Crippen LogP contribution in [0.25, 0.3) is 21.8 Å². The first-order valence-corrected chi connectivity index (χ1v) is 9.68. The molecule has 0 radical (unpaired) electrons. The summed E-state index contributed by atoms with van der Waals surface area (Å²) in [4.78, 5) is 33.8. The Morgan fingerprint density at radius 3 is 2.87 bits per heavy atom. The van der Waals surface area contributed by atoms with Crippen molar-refractivity contribution in [1.82, 2.24) is 20.5 Å². The first kappa shape index (κ1) is 18.7. The van der Waals surface area contributed by atoms with E-state index in [4.69, 9.17) is 0 Å². The van der Waals surface area contributed by atoms with Crippen molar-refractivity contribution in [2.24, 2.45) is 10.9 Å². The van der Waals surface area contributed by atoms with Gasteiger partial charge in [0.15, 0.2) is 0 Å². The van der Waals surface area contributed by atoms with Gasteiger partial charge in [0.2, 0.25) is 5.91 Å². The third-order valence-electron chi connectivity index (χ3n) is 5.37. The van der Waals surface area contributed by atoms with Gasteiger partial charge >= 0.3 is 6.03 Å². The summed E-state index contributed by atoms with van der Waals surface area (Å²) in [6.07, 6.45) is 1.67. The van der Waals surface area contributed by atoms with Gasteiger partial charge in [-0.15, -0.1) is 0 Å². The van der Waals surface area contributed by atoms with Crippen LogP contribution >= 0.6 is 0 Å². The highest BCUT2D eigenvalue weighted by Gasteiger charge is 2.37. The molecule has 0 aliphatic carbocycles. The van der Waals surface area contributed by atoms with Crippen molar-refractivity contribution in [3.05, 3.63) is 60.4 Å². The van der Waals surface area contributed by atoms with Crippen molar-refractivity contribution < 1.29 is 14.7 Å². The summed E-state index contributed by atoms with van der Waals surface area (Å²) < 4.78 is 0. The van der Waals surface area contributed by atoms with Gasteiger partial charge in [-0.1, -0.05) is 18.2 Å². The van der Waals surface area contributed by atoms with Crippen LogP contribution in [0, 0.1) is 5.92 Å². The lowest BCUT2D eigenvalue weighted by Crippen LogP contribution is -2.45. The van der Waals surface area contributed by atoms with E-state index < -0.39 is 18.0 Å². The van der Waals surface area contributed by atoms with E-state index in [2.05, 4.69) is 30.8 Å². The molecular formula is C22H18N6O3. The number of rotatable bonds is 3. The molecule has 2 aromatic heterocycles. The quantitative estimate of drug-likeness (QED) is 0.408. The van der Waals surface area contributed by atoms with Gasteiger partial charge in [-0.25, -0.2) is 14.8 Å². The molecule has 9 heteroatoms. The average molecular weight is 414 g/mol. The van der Waals surface area contributed by atoms with E-state index in [0.29, 0.717) is 22.6 Å². The lowest BCUT2D eigenvalue weighted by Gasteiger charge is -2.29. The smallest absolute Gasteiger partial charge is 0.341 e. The predicted molar refractivity (Wildman–Crippen MR) is 116 cm³/mol. The lowest BCUT2D eigenvalue weighted by molar-refractivity contribution is -0.118. The van der Waals surface area contributed by atoms with E-state index in [1.807, 2.05) is 18.2 Å². The number of phenolic OH excluding ortho intramolecular Hbond substituents is 1. The highest BCUT2D eigenvalue weighted by molar-refractivity contribution is 6.13. The fraction of sp³-hybridized carbons (Fsp3) is 0.136. The minimum Gasteiger partial charge on any atom is -0.506 e. The number of hydrogen-bond acceptors (Lipinski definition) is 5. The number of H-pyrrole nitrogens is 1. The number of aliphatic imine (C=N–C) groups is 1. The summed E-state index contributed by atoms with van der Waals surface area (Å²) in [5.41, 5.74) is 2.71. The molecule has 5 rings (SSSR count). The molecule has 4 N–H and O–H groups in total. The number of aromatic hydroxyl groups is 1. The molecule has 1 aliphatic rings. The zero-order valence-electron chi connectivity index (χ0n) is 16.5. The van der Waals surface area contributed by atoms with Gasteiger partial charge in [-0.2, -0.15) is 5.10 Å². The van der Waals surface area contributed by atoms with Crippen molar-refractivity contribution in [2.45, 2.75) is 13.0 Å². The van der Waals surface area contributed by atoms with Gasteiger partial charge in [0.05, 0.1) is 23.4 Å². The van der Waals surface area contributed by atoms with E-state index in [1.54, 1.807) is 43.5 Å². The number of urea groups is 1. The highest BCUT2D eigenvalue weighted by atomic mass is 16.3. The maximum Gasteiger partial charge on any atom is 0.341 e. The number of carbonyl (C=O) groups is 2. The molecule has 2 unspecified atom stereocenters. The Morgan fingerprint density at radius 1 is 1.13 bits per heavy atom. The van der Waals surface area contributed by atoms with Crippen LogP contribution in [-0.2, 0) is 4.79 Å². The summed E-state index contributed by atoms with van der Waals surface area (Å²) in [6, 6.07) is 12.8. The molecule has 2 atom stereocenters. The number of hydrogen-bond donors (Lipinski definition) is 4. The van der Waals surface area contributed by atoms with Crippen LogP contribution in [0.1, 0.15) is 18.7 Å². The van der Waals surface area contributed by atoms with Gasteiger partial charge in [-0.3, -0.25) is 9.89 Å². The van der Waals surface area contributed by atoms with Crippen LogP contribution in [0.15, 0.2) is 59.7 Å². The number of amides is 3. The van der Waals surface area contributed by atoms with Crippen molar-refractivity contribution in [2.75, 3.05) is 5.32 Å². The molecule has 1 aliphatic heterocycles. The molecule has 0 saturated heterocycles. The minimum atomic E-state index is -0.770. The Bertz CT molecular complexity index is 1380. The number of phenols is 1. The number of carbonyl (C=O) groups excluding carboxylic acids is 2. The van der Waals surface area contributed by atoms with E-state index in [-0.39, 0.29) is 11.7 Å². The first-order valence-electron chi connectivity index (χ1n) is 9.68. The molecule has 31 heavy (non-hydrogen) atoms. The maximum absolute atomic E-state index is 13.2. The standard InChI is InChI=1S/C22H18N6O3/c1-11-18(21(30)25-14-6-8-15-13(9-14)10-23-28-15)20(27-22(31)24-11)16-7-5-12-3-2-4-17(29)19(12)26-16/h2-10,18,20,29H,1H3,(H,23,28)(H,25,30)(H,27,31). The lowest BCUT2D eigenvalue weighted by atomic mass is 9.89. The Labute approximate surface area is 176 Å². The fourth-order valence-corrected chi connectivity index (χ4v) is 3.87. The number of pyridine rings is 1. The highest BCUT2D eigenvalue weighted by Crippen LogP contribution is 2.30. The maximum atomic E-state index is 13.2. The van der Waals surface area contributed by atoms with Gasteiger partial charge in [-0.05, 0) is 37.3 Å². The summed E-state index contributed by atoms with van der Waals surface area (Å²) in [5, 5.41) is 24.3. The second kappa shape index (κ2) is 7.21. The van der Waals surface area contributed by atoms with Crippen LogP contribution in [0.2, 0.25) is 0 Å². The van der Waals surface area contributed by atoms with Gasteiger partial charge in [0.1, 0.15) is 17.2 Å². The Morgan fingerprint density at radius 2 is 2.00 bits per heavy atom. The number of fused-ring (bicyclic) bond motifs is 2. The number of aromatic nitrogens is 3. The summed E-state index contributed by atoms with van der Waals surface area (Å²) in [6.45, 7) is 1.65. The molecular weight excluding hydrogens is 396 g/mol. The molecule has 4 aromatic rings. The summed E-state index contributed by atoms with van der Waals surface area (Å²) >= 11 is 0. The topological polar surface area (TPSA) is 132 Å². The van der Waals surface area contributed by atoms with E-state index in [1.165, 1.54) is 0 Å². The van der Waals surface area contributed by atoms with E-state index in [0.717, 1.165) is 16.3 Å². The van der Waals surface area contributed by atoms with Crippen LogP contribution in [0.4, 0.5) is 10.5 Å². The Kier molecular flexibility index (Phi) is 4.36. The number of benzene rings is 2. The first-order chi connectivity index (χ1) is 15.0. The Hall–Kier alpha value is -4.27. The predicted octanol–water partition coefficient (Wildman–Crippen LogP) is 3.30. The van der Waals surface area contributed by atoms with Crippen LogP contribution < -0.4 is 10.6 Å². The normalized spacial score (nSPS) is 18.6. The zero-order chi connectivity index (χ0) is 21.5. The minimum absolute atomic E-state index is 0.0290. The van der Waals surface area contributed by atoms with Crippen molar-refractivity contribution in [1.29, 1.82) is 0 Å². The number of nitrogens with zero attached hydrogens (tertiary/aromatic N) is 3. The zero-order valence-corrected chi connectivity index (χ0v) is 16.5. The van der Waals surface area contributed by atoms with Gasteiger partial charge < -0.3 is 15.7 Å². The molecule has 9 nitrogen and oxygen atoms in total. The van der Waals surface area contributed by atoms with Gasteiger partial charge in [0.25, 0.3) is 0 Å². The largest absolute Gasteiger partial charge is 0.506 e. The van der Waals surface area contributed by atoms with Crippen molar-refractivity contribution in [3.63, 3.8) is 0 Å². The molecule has 3 heterocycles. The molecule has 3 amide bonds.